The number of aromatic amines is 1. The van der Waals surface area contributed by atoms with Crippen LogP contribution in [0.2, 0.25) is 0 Å². The number of H-pyrrole nitrogens is 1. The highest BCUT2D eigenvalue weighted by Crippen LogP contribution is 2.23. The van der Waals surface area contributed by atoms with Crippen molar-refractivity contribution in [2.75, 3.05) is 24.6 Å². The van der Waals surface area contributed by atoms with Gasteiger partial charge in [0.25, 0.3) is 0 Å². The van der Waals surface area contributed by atoms with Crippen molar-refractivity contribution in [1.82, 2.24) is 20.1 Å². The topological polar surface area (TPSA) is 87.9 Å². The smallest absolute Gasteiger partial charge is 0.233 e. The van der Waals surface area contributed by atoms with Crippen molar-refractivity contribution in [3.63, 3.8) is 0 Å². The molecular weight excluding hydrogens is 310 g/mol. The number of hydrogen-bond donors (Lipinski definition) is 2. The van der Waals surface area contributed by atoms with Gasteiger partial charge >= 0.3 is 0 Å². The zero-order valence-corrected chi connectivity index (χ0v) is 13.8. The first-order chi connectivity index (χ1) is 11.2. The average molecular weight is 331 g/mol. The number of carbonyl (C=O) groups is 1. The van der Waals surface area contributed by atoms with Gasteiger partial charge in [0.05, 0.1) is 5.75 Å². The molecule has 2 aromatic rings. The van der Waals surface area contributed by atoms with E-state index in [1.54, 1.807) is 0 Å². The number of nitrogens with two attached hydrogens (primary N) is 1. The highest BCUT2D eigenvalue weighted by atomic mass is 32.2. The monoisotopic (exact) mass is 331 g/mol. The molecule has 1 fully saturated rings. The number of amides is 1. The molecule has 23 heavy (non-hydrogen) atoms. The van der Waals surface area contributed by atoms with E-state index in [9.17, 15) is 4.79 Å². The summed E-state index contributed by atoms with van der Waals surface area (Å²) in [5, 5.41) is 7.02. The van der Waals surface area contributed by atoms with Gasteiger partial charge in [-0.3, -0.25) is 4.79 Å². The third-order valence-corrected chi connectivity index (χ3v) is 4.97. The third-order valence-electron chi connectivity index (χ3n) is 4.14. The third kappa shape index (κ3) is 4.48. The van der Waals surface area contributed by atoms with Gasteiger partial charge in [0.15, 0.2) is 0 Å². The lowest BCUT2D eigenvalue weighted by atomic mass is 9.90. The Morgan fingerprint density at radius 3 is 2.70 bits per heavy atom. The Morgan fingerprint density at radius 2 is 2.04 bits per heavy atom. The zero-order valence-electron chi connectivity index (χ0n) is 12.9. The van der Waals surface area contributed by atoms with Crippen LogP contribution in [0.15, 0.2) is 35.5 Å². The van der Waals surface area contributed by atoms with E-state index in [0.29, 0.717) is 16.8 Å². The number of piperidine rings is 1. The summed E-state index contributed by atoms with van der Waals surface area (Å²) >= 11 is 1.32. The summed E-state index contributed by atoms with van der Waals surface area (Å²) in [5.74, 6) is 1.46. The molecule has 2 heterocycles. The van der Waals surface area contributed by atoms with E-state index < -0.39 is 0 Å². The number of likely N-dealkylation sites (tertiary alicyclic amines) is 1. The highest BCUT2D eigenvalue weighted by Gasteiger charge is 2.23. The zero-order chi connectivity index (χ0) is 16.1. The summed E-state index contributed by atoms with van der Waals surface area (Å²) in [6.07, 6.45) is 3.24. The number of rotatable bonds is 5. The minimum atomic E-state index is 0.150. The van der Waals surface area contributed by atoms with Crippen LogP contribution in [0.4, 0.5) is 5.95 Å². The lowest BCUT2D eigenvalue weighted by molar-refractivity contribution is -0.129. The second kappa shape index (κ2) is 7.50. The Balaban J connectivity index is 1.42. The number of thioether (sulfide) groups is 1. The largest absolute Gasteiger partial charge is 0.368 e. The van der Waals surface area contributed by atoms with Crippen LogP contribution < -0.4 is 5.73 Å². The molecule has 1 aliphatic rings. The van der Waals surface area contributed by atoms with Crippen molar-refractivity contribution < 1.29 is 4.79 Å². The molecule has 1 aliphatic heterocycles. The molecular formula is C16H21N5OS. The number of nitrogen functional groups attached to an aromatic ring is 1. The molecule has 7 heteroatoms. The van der Waals surface area contributed by atoms with Crippen molar-refractivity contribution >= 4 is 23.6 Å². The Hall–Kier alpha value is -2.02. The number of nitrogens with zero attached hydrogens (tertiary/aromatic N) is 3. The first-order valence-electron chi connectivity index (χ1n) is 7.83. The van der Waals surface area contributed by atoms with Crippen LogP contribution in [0.5, 0.6) is 0 Å². The number of anilines is 1. The van der Waals surface area contributed by atoms with E-state index >= 15 is 0 Å². The normalized spacial score (nSPS) is 15.7. The van der Waals surface area contributed by atoms with Gasteiger partial charge in [0.2, 0.25) is 17.0 Å². The highest BCUT2D eigenvalue weighted by molar-refractivity contribution is 7.99. The molecule has 1 aromatic heterocycles. The molecule has 0 bridgehead atoms. The fourth-order valence-electron chi connectivity index (χ4n) is 2.87. The quantitative estimate of drug-likeness (QED) is 0.818. The van der Waals surface area contributed by atoms with Crippen LogP contribution in [-0.4, -0.2) is 44.8 Å². The van der Waals surface area contributed by atoms with E-state index in [1.807, 2.05) is 11.0 Å². The van der Waals surface area contributed by atoms with Crippen molar-refractivity contribution in [1.29, 1.82) is 0 Å². The maximum absolute atomic E-state index is 12.3. The summed E-state index contributed by atoms with van der Waals surface area (Å²) < 4.78 is 0. The van der Waals surface area contributed by atoms with Crippen LogP contribution in [0.25, 0.3) is 0 Å². The molecule has 6 nitrogen and oxygen atoms in total. The Labute approximate surface area is 139 Å². The maximum atomic E-state index is 12.3. The fourth-order valence-corrected chi connectivity index (χ4v) is 3.58. The number of nitrogens with one attached hydrogen (secondary N) is 1. The molecule has 0 saturated carbocycles. The second-order valence-corrected chi connectivity index (χ2v) is 6.75. The van der Waals surface area contributed by atoms with E-state index in [4.69, 9.17) is 5.73 Å². The van der Waals surface area contributed by atoms with Gasteiger partial charge in [-0.2, -0.15) is 4.98 Å². The van der Waals surface area contributed by atoms with Crippen molar-refractivity contribution in [2.24, 2.45) is 5.92 Å². The van der Waals surface area contributed by atoms with E-state index in [2.05, 4.69) is 39.4 Å². The van der Waals surface area contributed by atoms with Crippen LogP contribution in [0.1, 0.15) is 18.4 Å². The predicted octanol–water partition coefficient (Wildman–Crippen LogP) is 1.96. The van der Waals surface area contributed by atoms with Crippen LogP contribution in [-0.2, 0) is 11.2 Å². The van der Waals surface area contributed by atoms with E-state index in [1.165, 1.54) is 17.3 Å². The summed E-state index contributed by atoms with van der Waals surface area (Å²) in [4.78, 5) is 18.2. The first-order valence-corrected chi connectivity index (χ1v) is 8.81. The van der Waals surface area contributed by atoms with Gasteiger partial charge in [0, 0.05) is 13.1 Å². The molecule has 1 saturated heterocycles. The molecule has 0 spiro atoms. The summed E-state index contributed by atoms with van der Waals surface area (Å²) in [6, 6.07) is 10.6. The van der Waals surface area contributed by atoms with Crippen molar-refractivity contribution in [3.8, 4) is 0 Å². The number of hydrogen-bond acceptors (Lipinski definition) is 5. The Kier molecular flexibility index (Phi) is 5.17. The number of benzene rings is 1. The van der Waals surface area contributed by atoms with Gasteiger partial charge in [-0.05, 0) is 30.7 Å². The Bertz CT molecular complexity index is 637. The number of aromatic nitrogens is 3. The number of carbonyl (C=O) groups excluding carboxylic acids is 1. The molecule has 1 aromatic carbocycles. The SMILES string of the molecule is Nc1nc(SCC(=O)N2CCC(Cc3ccccc3)CC2)n[nH]1. The average Bonchev–Trinajstić information content (AvgIpc) is 3.00. The van der Waals surface area contributed by atoms with Gasteiger partial charge in [-0.1, -0.05) is 42.1 Å². The van der Waals surface area contributed by atoms with Crippen LogP contribution in [0.3, 0.4) is 0 Å². The summed E-state index contributed by atoms with van der Waals surface area (Å²) in [6.45, 7) is 1.68. The van der Waals surface area contributed by atoms with Gasteiger partial charge < -0.3 is 10.6 Å². The predicted molar refractivity (Wildman–Crippen MR) is 91.0 cm³/mol. The molecule has 3 rings (SSSR count). The summed E-state index contributed by atoms with van der Waals surface area (Å²) in [5.41, 5.74) is 6.85. The second-order valence-electron chi connectivity index (χ2n) is 5.81. The molecule has 0 unspecified atom stereocenters. The lowest BCUT2D eigenvalue weighted by Gasteiger charge is -2.32. The standard InChI is InChI=1S/C16H21N5OS/c17-15-18-16(20-19-15)23-11-14(22)21-8-6-13(7-9-21)10-12-4-2-1-3-5-12/h1-5,13H,6-11H2,(H3,17,18,19,20). The van der Waals surface area contributed by atoms with Gasteiger partial charge in [-0.25, -0.2) is 5.10 Å². The van der Waals surface area contributed by atoms with Crippen LogP contribution >= 0.6 is 11.8 Å². The van der Waals surface area contributed by atoms with Gasteiger partial charge in [0.1, 0.15) is 0 Å². The fraction of sp³-hybridized carbons (Fsp3) is 0.438. The lowest BCUT2D eigenvalue weighted by Crippen LogP contribution is -2.39. The molecule has 0 aliphatic carbocycles. The minimum Gasteiger partial charge on any atom is -0.368 e. The maximum Gasteiger partial charge on any atom is 0.233 e. The Morgan fingerprint density at radius 1 is 1.30 bits per heavy atom. The molecule has 1 amide bonds. The molecule has 0 atom stereocenters. The molecule has 122 valence electrons. The first kappa shape index (κ1) is 15.9. The van der Waals surface area contributed by atoms with E-state index in [-0.39, 0.29) is 11.9 Å². The molecule has 3 N–H and O–H groups in total. The van der Waals surface area contributed by atoms with E-state index in [0.717, 1.165) is 32.4 Å². The van der Waals surface area contributed by atoms with Crippen LogP contribution in [0, 0.1) is 5.92 Å². The minimum absolute atomic E-state index is 0.150. The van der Waals surface area contributed by atoms with Gasteiger partial charge in [-0.15, -0.1) is 5.10 Å². The molecule has 0 radical (unpaired) electrons. The van der Waals surface area contributed by atoms with Crippen molar-refractivity contribution in [3.05, 3.63) is 35.9 Å². The summed E-state index contributed by atoms with van der Waals surface area (Å²) in [7, 11) is 0. The van der Waals surface area contributed by atoms with Crippen molar-refractivity contribution in [2.45, 2.75) is 24.4 Å².